The molecule has 0 aliphatic rings. The van der Waals surface area contributed by atoms with E-state index in [1.54, 1.807) is 29.9 Å². The minimum absolute atomic E-state index is 0.0264. The van der Waals surface area contributed by atoms with E-state index in [9.17, 15) is 14.7 Å². The van der Waals surface area contributed by atoms with Gasteiger partial charge in [0.05, 0.1) is 12.6 Å². The smallest absolute Gasteiger partial charge is 0.264 e. The number of carbonyl (C=O) groups is 2. The highest BCUT2D eigenvalue weighted by molar-refractivity contribution is 5.96. The fraction of sp³-hybridized carbons (Fsp3) is 0.333. The highest BCUT2D eigenvalue weighted by atomic mass is 16.5. The molecule has 0 bridgehead atoms. The Morgan fingerprint density at radius 3 is 2.59 bits per heavy atom. The number of rotatable bonds is 10. The molecule has 0 fully saturated rings. The van der Waals surface area contributed by atoms with Gasteiger partial charge in [0.25, 0.3) is 11.8 Å². The van der Waals surface area contributed by atoms with Crippen molar-refractivity contribution in [3.8, 4) is 11.6 Å². The topological polar surface area (TPSA) is 105 Å². The number of fused-ring (bicyclic) bond motifs is 1. The van der Waals surface area contributed by atoms with E-state index in [0.29, 0.717) is 36.2 Å². The number of carbonyl (C=O) groups excluding carboxylic acids is 2. The lowest BCUT2D eigenvalue weighted by Crippen LogP contribution is -2.24. The fourth-order valence-corrected chi connectivity index (χ4v) is 3.48. The maximum Gasteiger partial charge on any atom is 0.264 e. The number of aromatic nitrogens is 1. The third-order valence-corrected chi connectivity index (χ3v) is 5.18. The van der Waals surface area contributed by atoms with Crippen LogP contribution in [0.25, 0.3) is 10.9 Å². The summed E-state index contributed by atoms with van der Waals surface area (Å²) in [5.74, 6) is 0.158. The van der Waals surface area contributed by atoms with Crippen LogP contribution in [-0.2, 0) is 11.3 Å². The first-order valence-corrected chi connectivity index (χ1v) is 10.7. The number of nitrogens with one attached hydrogen (secondary N) is 1. The molecule has 8 heteroatoms. The van der Waals surface area contributed by atoms with E-state index in [2.05, 4.69) is 15.5 Å². The molecule has 2 N–H and O–H groups in total. The average Bonchev–Trinajstić information content (AvgIpc) is 3.09. The van der Waals surface area contributed by atoms with Crippen molar-refractivity contribution in [3.05, 3.63) is 54.1 Å². The predicted molar refractivity (Wildman–Crippen MR) is 123 cm³/mol. The Kier molecular flexibility index (Phi) is 7.96. The van der Waals surface area contributed by atoms with Crippen LogP contribution in [0.2, 0.25) is 0 Å². The van der Waals surface area contributed by atoms with Crippen molar-refractivity contribution in [2.24, 2.45) is 10.2 Å². The molecule has 0 saturated carbocycles. The molecule has 0 atom stereocenters. The molecular weight excluding hydrogens is 408 g/mol. The summed E-state index contributed by atoms with van der Waals surface area (Å²) < 4.78 is 6.96. The van der Waals surface area contributed by atoms with Crippen molar-refractivity contribution in [1.82, 2.24) is 9.88 Å². The summed E-state index contributed by atoms with van der Waals surface area (Å²) in [6.07, 6.45) is 2.46. The molecular formula is C24H28N4O4. The Morgan fingerprint density at radius 2 is 1.88 bits per heavy atom. The Bertz CT molecular complexity index is 1110. The number of amides is 2. The summed E-state index contributed by atoms with van der Waals surface area (Å²) in [5.41, 5.74) is 1.69. The van der Waals surface area contributed by atoms with Crippen molar-refractivity contribution in [3.63, 3.8) is 0 Å². The summed E-state index contributed by atoms with van der Waals surface area (Å²) in [6, 6.07) is 14.5. The van der Waals surface area contributed by atoms with Gasteiger partial charge < -0.3 is 19.7 Å². The summed E-state index contributed by atoms with van der Waals surface area (Å²) in [4.78, 5) is 24.1. The Morgan fingerprint density at radius 1 is 1.09 bits per heavy atom. The highest BCUT2D eigenvalue weighted by Crippen LogP contribution is 2.40. The molecule has 1 aromatic heterocycles. The third kappa shape index (κ3) is 5.51. The quantitative estimate of drug-likeness (QED) is 0.345. The number of unbranched alkanes of at least 4 members (excludes halogenated alkanes) is 2. The molecule has 0 spiro atoms. The normalized spacial score (nSPS) is 11.2. The molecule has 32 heavy (non-hydrogen) atoms. The Hall–Kier alpha value is -3.68. The summed E-state index contributed by atoms with van der Waals surface area (Å²) in [5, 5.41) is 21.9. The second-order valence-electron chi connectivity index (χ2n) is 7.33. The van der Waals surface area contributed by atoms with Crippen LogP contribution in [0.15, 0.2) is 58.8 Å². The van der Waals surface area contributed by atoms with Crippen molar-refractivity contribution in [2.75, 3.05) is 13.7 Å². The lowest BCUT2D eigenvalue weighted by Gasteiger charge is -2.04. The van der Waals surface area contributed by atoms with Gasteiger partial charge in [-0.3, -0.25) is 9.59 Å². The number of ether oxygens (including phenoxy) is 1. The number of benzene rings is 2. The number of aryl methyl sites for hydroxylation is 1. The SMILES string of the molecule is CCn1c(O)c(N=NC(=O)CCCCCNC(=O)c2ccccc2)c2cc(OC)ccc21. The molecule has 3 rings (SSSR count). The van der Waals surface area contributed by atoms with Gasteiger partial charge in [-0.15, -0.1) is 10.2 Å². The minimum atomic E-state index is -0.349. The molecule has 2 amide bonds. The third-order valence-electron chi connectivity index (χ3n) is 5.18. The van der Waals surface area contributed by atoms with E-state index in [0.717, 1.165) is 18.4 Å². The van der Waals surface area contributed by atoms with Gasteiger partial charge in [0.1, 0.15) is 5.75 Å². The Balaban J connectivity index is 1.49. The van der Waals surface area contributed by atoms with E-state index in [1.165, 1.54) is 0 Å². The summed E-state index contributed by atoms with van der Waals surface area (Å²) in [7, 11) is 1.57. The van der Waals surface area contributed by atoms with Crippen LogP contribution in [-0.4, -0.2) is 35.1 Å². The Labute approximate surface area is 186 Å². The van der Waals surface area contributed by atoms with E-state index in [-0.39, 0.29) is 29.8 Å². The maximum absolute atomic E-state index is 12.1. The zero-order valence-electron chi connectivity index (χ0n) is 18.4. The second-order valence-corrected chi connectivity index (χ2v) is 7.33. The van der Waals surface area contributed by atoms with E-state index in [4.69, 9.17) is 4.74 Å². The van der Waals surface area contributed by atoms with Gasteiger partial charge in [-0.1, -0.05) is 24.6 Å². The van der Waals surface area contributed by atoms with Gasteiger partial charge in [-0.2, -0.15) is 0 Å². The molecule has 168 valence electrons. The van der Waals surface area contributed by atoms with E-state index >= 15 is 0 Å². The first-order valence-electron chi connectivity index (χ1n) is 10.7. The largest absolute Gasteiger partial charge is 0.497 e. The van der Waals surface area contributed by atoms with Gasteiger partial charge >= 0.3 is 0 Å². The van der Waals surface area contributed by atoms with E-state index in [1.807, 2.05) is 37.3 Å². The van der Waals surface area contributed by atoms with Crippen LogP contribution in [0.4, 0.5) is 5.69 Å². The number of hydrogen-bond acceptors (Lipinski definition) is 5. The highest BCUT2D eigenvalue weighted by Gasteiger charge is 2.17. The van der Waals surface area contributed by atoms with Crippen molar-refractivity contribution < 1.29 is 19.4 Å². The first-order chi connectivity index (χ1) is 15.5. The van der Waals surface area contributed by atoms with Crippen LogP contribution in [0, 0.1) is 0 Å². The first kappa shape index (κ1) is 23.0. The standard InChI is InChI=1S/C24H28N4O4/c1-3-28-20-14-13-18(32-2)16-19(20)22(24(28)31)27-26-21(29)12-8-5-9-15-25-23(30)17-10-6-4-7-11-17/h4,6-7,10-11,13-14,16,31H,3,5,8-9,12,15H2,1-2H3,(H,25,30). The predicted octanol–water partition coefficient (Wildman–Crippen LogP) is 4.98. The van der Waals surface area contributed by atoms with Crippen molar-refractivity contribution >= 4 is 28.4 Å². The number of nitrogens with zero attached hydrogens (tertiary/aromatic N) is 3. The van der Waals surface area contributed by atoms with Crippen LogP contribution in [0.3, 0.4) is 0 Å². The monoisotopic (exact) mass is 436 g/mol. The van der Waals surface area contributed by atoms with Gasteiger partial charge in [0.2, 0.25) is 5.88 Å². The zero-order chi connectivity index (χ0) is 22.9. The van der Waals surface area contributed by atoms with Gasteiger partial charge in [0.15, 0.2) is 5.69 Å². The molecule has 0 aliphatic heterocycles. The maximum atomic E-state index is 12.1. The molecule has 0 unspecified atom stereocenters. The molecule has 1 heterocycles. The van der Waals surface area contributed by atoms with Crippen LogP contribution in [0.5, 0.6) is 11.6 Å². The van der Waals surface area contributed by atoms with Crippen LogP contribution >= 0.6 is 0 Å². The minimum Gasteiger partial charge on any atom is -0.497 e. The van der Waals surface area contributed by atoms with Crippen LogP contribution < -0.4 is 10.1 Å². The zero-order valence-corrected chi connectivity index (χ0v) is 18.4. The number of azo groups is 1. The molecule has 3 aromatic rings. The number of aromatic hydroxyl groups is 1. The van der Waals surface area contributed by atoms with Gasteiger partial charge in [-0.05, 0) is 50.1 Å². The van der Waals surface area contributed by atoms with E-state index < -0.39 is 0 Å². The summed E-state index contributed by atoms with van der Waals surface area (Å²) >= 11 is 0. The number of methoxy groups -OCH3 is 1. The average molecular weight is 437 g/mol. The summed E-state index contributed by atoms with van der Waals surface area (Å²) in [6.45, 7) is 3.02. The number of hydrogen-bond donors (Lipinski definition) is 2. The lowest BCUT2D eigenvalue weighted by molar-refractivity contribution is -0.118. The molecule has 8 nitrogen and oxygen atoms in total. The van der Waals surface area contributed by atoms with Crippen molar-refractivity contribution in [2.45, 2.75) is 39.2 Å². The molecule has 0 aliphatic carbocycles. The fourth-order valence-electron chi connectivity index (χ4n) is 3.48. The lowest BCUT2D eigenvalue weighted by atomic mass is 10.2. The van der Waals surface area contributed by atoms with Gasteiger partial charge in [0, 0.05) is 30.5 Å². The van der Waals surface area contributed by atoms with Gasteiger partial charge in [-0.25, -0.2) is 0 Å². The molecule has 0 saturated heterocycles. The molecule has 2 aromatic carbocycles. The van der Waals surface area contributed by atoms with Crippen molar-refractivity contribution in [1.29, 1.82) is 0 Å². The molecule has 0 radical (unpaired) electrons. The second kappa shape index (κ2) is 11.1. The van der Waals surface area contributed by atoms with Crippen LogP contribution in [0.1, 0.15) is 43.0 Å².